The molecule has 0 aliphatic carbocycles. The number of carbonyl (C=O) groups excluding carboxylic acids is 1. The Morgan fingerprint density at radius 2 is 2.12 bits per heavy atom. The van der Waals surface area contributed by atoms with E-state index in [1.54, 1.807) is 6.20 Å². The first-order valence-electron chi connectivity index (χ1n) is 8.47. The number of carbonyl (C=O) groups is 1. The number of hydrogen-bond donors (Lipinski definition) is 1. The second-order valence-electron chi connectivity index (χ2n) is 7.57. The number of nitrogens with zero attached hydrogens (tertiary/aromatic N) is 2. The van der Waals surface area contributed by atoms with Gasteiger partial charge in [-0.05, 0) is 51.0 Å². The lowest BCUT2D eigenvalue weighted by molar-refractivity contribution is -0.0399. The highest BCUT2D eigenvalue weighted by atomic mass is 16.6. The molecule has 1 aliphatic rings. The number of aromatic nitrogens is 2. The van der Waals surface area contributed by atoms with Gasteiger partial charge in [-0.15, -0.1) is 0 Å². The van der Waals surface area contributed by atoms with Gasteiger partial charge >= 0.3 is 6.09 Å². The molecule has 2 N–H and O–H groups in total. The number of rotatable bonds is 3. The first kappa shape index (κ1) is 17.5. The Labute approximate surface area is 147 Å². The van der Waals surface area contributed by atoms with Gasteiger partial charge in [0, 0.05) is 23.7 Å². The van der Waals surface area contributed by atoms with Crippen molar-refractivity contribution in [3.8, 4) is 0 Å². The molecule has 6 heteroatoms. The standard InChI is InChI=1S/C19H25N3O3/c1-12-9-22(18(23)25-19(2,3)4)21-17(12)16(14-10-24-11-14)13-6-5-7-15(20)8-13/h5-9,14,16H,10-11,20H2,1-4H3. The highest BCUT2D eigenvalue weighted by Gasteiger charge is 2.34. The van der Waals surface area contributed by atoms with Crippen molar-refractivity contribution in [1.82, 2.24) is 9.78 Å². The van der Waals surface area contributed by atoms with Crippen molar-refractivity contribution < 1.29 is 14.3 Å². The van der Waals surface area contributed by atoms with Crippen molar-refractivity contribution in [2.24, 2.45) is 5.92 Å². The predicted octanol–water partition coefficient (Wildman–Crippen LogP) is 3.34. The van der Waals surface area contributed by atoms with Gasteiger partial charge in [0.2, 0.25) is 0 Å². The second-order valence-corrected chi connectivity index (χ2v) is 7.57. The summed E-state index contributed by atoms with van der Waals surface area (Å²) in [7, 11) is 0. The van der Waals surface area contributed by atoms with Crippen molar-refractivity contribution in [2.75, 3.05) is 18.9 Å². The van der Waals surface area contributed by atoms with Crippen LogP contribution < -0.4 is 5.73 Å². The zero-order chi connectivity index (χ0) is 18.2. The minimum atomic E-state index is -0.563. The molecule has 0 amide bonds. The number of ether oxygens (including phenoxy) is 2. The minimum Gasteiger partial charge on any atom is -0.442 e. The third kappa shape index (κ3) is 3.85. The largest absolute Gasteiger partial charge is 0.442 e. The van der Waals surface area contributed by atoms with Crippen molar-refractivity contribution in [1.29, 1.82) is 0 Å². The fourth-order valence-corrected chi connectivity index (χ4v) is 3.04. The summed E-state index contributed by atoms with van der Waals surface area (Å²) in [6.07, 6.45) is 1.25. The molecular formula is C19H25N3O3. The van der Waals surface area contributed by atoms with Gasteiger partial charge in [-0.1, -0.05) is 12.1 Å². The number of aryl methyl sites for hydroxylation is 1. The average molecular weight is 343 g/mol. The first-order chi connectivity index (χ1) is 11.7. The predicted molar refractivity (Wildman–Crippen MR) is 95.6 cm³/mol. The van der Waals surface area contributed by atoms with Crippen LogP contribution in [0.1, 0.15) is 43.5 Å². The smallest absolute Gasteiger partial charge is 0.435 e. The van der Waals surface area contributed by atoms with Gasteiger partial charge < -0.3 is 15.2 Å². The molecule has 2 heterocycles. The summed E-state index contributed by atoms with van der Waals surface area (Å²) in [6.45, 7) is 8.83. The molecular weight excluding hydrogens is 318 g/mol. The minimum absolute atomic E-state index is 0.0425. The molecule has 0 bridgehead atoms. The van der Waals surface area contributed by atoms with E-state index in [4.69, 9.17) is 15.2 Å². The second kappa shape index (κ2) is 6.52. The van der Waals surface area contributed by atoms with Gasteiger partial charge in [-0.25, -0.2) is 4.79 Å². The maximum Gasteiger partial charge on any atom is 0.435 e. The number of hydrogen-bond acceptors (Lipinski definition) is 5. The van der Waals surface area contributed by atoms with E-state index in [1.807, 2.05) is 52.0 Å². The van der Waals surface area contributed by atoms with Gasteiger partial charge in [-0.3, -0.25) is 0 Å². The fourth-order valence-electron chi connectivity index (χ4n) is 3.04. The van der Waals surface area contributed by atoms with Crippen LogP contribution in [0.3, 0.4) is 0 Å². The van der Waals surface area contributed by atoms with Crippen LogP contribution in [0.2, 0.25) is 0 Å². The third-order valence-electron chi connectivity index (χ3n) is 4.22. The lowest BCUT2D eigenvalue weighted by atomic mass is 9.81. The van der Waals surface area contributed by atoms with E-state index in [1.165, 1.54) is 4.68 Å². The van der Waals surface area contributed by atoms with Crippen molar-refractivity contribution in [2.45, 2.75) is 39.2 Å². The van der Waals surface area contributed by atoms with Gasteiger partial charge in [0.1, 0.15) is 5.60 Å². The number of benzene rings is 1. The molecule has 2 aromatic rings. The van der Waals surface area contributed by atoms with Crippen LogP contribution in [0, 0.1) is 12.8 Å². The zero-order valence-corrected chi connectivity index (χ0v) is 15.2. The quantitative estimate of drug-likeness (QED) is 0.865. The maximum atomic E-state index is 12.3. The topological polar surface area (TPSA) is 79.4 Å². The number of nitrogen functional groups attached to an aromatic ring is 1. The van der Waals surface area contributed by atoms with Gasteiger partial charge in [0.15, 0.2) is 0 Å². The van der Waals surface area contributed by atoms with Crippen molar-refractivity contribution in [3.63, 3.8) is 0 Å². The first-order valence-corrected chi connectivity index (χ1v) is 8.47. The maximum absolute atomic E-state index is 12.3. The monoisotopic (exact) mass is 343 g/mol. The van der Waals surface area contributed by atoms with E-state index in [2.05, 4.69) is 5.10 Å². The number of anilines is 1. The molecule has 1 atom stereocenters. The number of nitrogens with two attached hydrogens (primary N) is 1. The Kier molecular flexibility index (Phi) is 4.56. The van der Waals surface area contributed by atoms with Crippen LogP contribution in [0.5, 0.6) is 0 Å². The Bertz CT molecular complexity index is 772. The van der Waals surface area contributed by atoms with E-state index >= 15 is 0 Å². The molecule has 1 unspecified atom stereocenters. The third-order valence-corrected chi connectivity index (χ3v) is 4.22. The van der Waals surface area contributed by atoms with E-state index in [-0.39, 0.29) is 5.92 Å². The van der Waals surface area contributed by atoms with Crippen molar-refractivity contribution in [3.05, 3.63) is 47.3 Å². The van der Waals surface area contributed by atoms with E-state index in [9.17, 15) is 4.79 Å². The molecule has 1 fully saturated rings. The van der Waals surface area contributed by atoms with Gasteiger partial charge in [-0.2, -0.15) is 9.78 Å². The summed E-state index contributed by atoms with van der Waals surface area (Å²) in [5.41, 5.74) is 9.02. The SMILES string of the molecule is Cc1cn(C(=O)OC(C)(C)C)nc1C(c1cccc(N)c1)C1COC1. The fraction of sp³-hybridized carbons (Fsp3) is 0.474. The summed E-state index contributed by atoms with van der Waals surface area (Å²) in [5.74, 6) is 0.364. The molecule has 1 aromatic heterocycles. The molecule has 3 rings (SSSR count). The molecule has 0 radical (unpaired) electrons. The highest BCUT2D eigenvalue weighted by molar-refractivity contribution is 5.70. The Morgan fingerprint density at radius 3 is 2.68 bits per heavy atom. The van der Waals surface area contributed by atoms with Crippen LogP contribution in [0.25, 0.3) is 0 Å². The summed E-state index contributed by atoms with van der Waals surface area (Å²) in [6, 6.07) is 7.82. The van der Waals surface area contributed by atoms with Crippen LogP contribution in [0.4, 0.5) is 10.5 Å². The average Bonchev–Trinajstić information content (AvgIpc) is 2.82. The lowest BCUT2D eigenvalue weighted by Gasteiger charge is -2.33. The lowest BCUT2D eigenvalue weighted by Crippen LogP contribution is -2.34. The van der Waals surface area contributed by atoms with E-state index in [0.29, 0.717) is 24.8 Å². The van der Waals surface area contributed by atoms with E-state index in [0.717, 1.165) is 16.8 Å². The summed E-state index contributed by atoms with van der Waals surface area (Å²) in [4.78, 5) is 12.3. The summed E-state index contributed by atoms with van der Waals surface area (Å²) < 4.78 is 12.1. The molecule has 1 aliphatic heterocycles. The molecule has 1 saturated heterocycles. The Morgan fingerprint density at radius 1 is 1.40 bits per heavy atom. The Hall–Kier alpha value is -2.34. The molecule has 1 aromatic carbocycles. The normalized spacial score (nSPS) is 16.3. The molecule has 0 saturated carbocycles. The summed E-state index contributed by atoms with van der Waals surface area (Å²) >= 11 is 0. The molecule has 0 spiro atoms. The molecule has 25 heavy (non-hydrogen) atoms. The van der Waals surface area contributed by atoms with Gasteiger partial charge in [0.25, 0.3) is 0 Å². The van der Waals surface area contributed by atoms with Crippen LogP contribution in [-0.2, 0) is 9.47 Å². The van der Waals surface area contributed by atoms with Gasteiger partial charge in [0.05, 0.1) is 18.9 Å². The van der Waals surface area contributed by atoms with Crippen LogP contribution in [-0.4, -0.2) is 34.7 Å². The van der Waals surface area contributed by atoms with Crippen molar-refractivity contribution >= 4 is 11.8 Å². The summed E-state index contributed by atoms with van der Waals surface area (Å²) in [5, 5.41) is 4.55. The van der Waals surface area contributed by atoms with Crippen LogP contribution in [0.15, 0.2) is 30.5 Å². The molecule has 134 valence electrons. The highest BCUT2D eigenvalue weighted by Crippen LogP contribution is 2.37. The van der Waals surface area contributed by atoms with E-state index < -0.39 is 11.7 Å². The zero-order valence-electron chi connectivity index (χ0n) is 15.2. The Balaban J connectivity index is 1.95. The van der Waals surface area contributed by atoms with Crippen LogP contribution >= 0.6 is 0 Å². The molecule has 6 nitrogen and oxygen atoms in total.